The van der Waals surface area contributed by atoms with E-state index in [9.17, 15) is 9.59 Å². The zero-order valence-corrected chi connectivity index (χ0v) is 9.57. The van der Waals surface area contributed by atoms with E-state index in [1.165, 1.54) is 0 Å². The fourth-order valence-corrected chi connectivity index (χ4v) is 0.902. The summed E-state index contributed by atoms with van der Waals surface area (Å²) in [6.07, 6.45) is 0. The number of rotatable bonds is 5. The molecule has 0 amide bonds. The molecule has 0 aromatic carbocycles. The summed E-state index contributed by atoms with van der Waals surface area (Å²) >= 11 is 0. The summed E-state index contributed by atoms with van der Waals surface area (Å²) in [5, 5.41) is 0. The van der Waals surface area contributed by atoms with Crippen LogP contribution in [-0.2, 0) is 19.1 Å². The molecular weight excluding hydrogens is 198 g/mol. The third-order valence-corrected chi connectivity index (χ3v) is 1.41. The zero-order valence-electron chi connectivity index (χ0n) is 9.57. The van der Waals surface area contributed by atoms with E-state index in [0.29, 0.717) is 5.71 Å². The Morgan fingerprint density at radius 3 is 1.73 bits per heavy atom. The van der Waals surface area contributed by atoms with E-state index in [2.05, 4.69) is 4.99 Å². The molecule has 0 fully saturated rings. The van der Waals surface area contributed by atoms with E-state index in [0.717, 1.165) is 0 Å². The van der Waals surface area contributed by atoms with Gasteiger partial charge in [0.25, 0.3) is 0 Å². The van der Waals surface area contributed by atoms with Crippen LogP contribution in [0.1, 0.15) is 27.7 Å². The molecule has 0 saturated heterocycles. The van der Waals surface area contributed by atoms with Crippen molar-refractivity contribution < 1.29 is 19.1 Å². The zero-order chi connectivity index (χ0) is 11.8. The van der Waals surface area contributed by atoms with Gasteiger partial charge in [-0.1, -0.05) is 0 Å². The Balaban J connectivity index is 4.65. The average molecular weight is 215 g/mol. The van der Waals surface area contributed by atoms with Crippen molar-refractivity contribution in [2.45, 2.75) is 33.7 Å². The first kappa shape index (κ1) is 13.6. The first-order valence-corrected chi connectivity index (χ1v) is 4.87. The molecular formula is C10H17NO4. The van der Waals surface area contributed by atoms with Crippen molar-refractivity contribution in [1.29, 1.82) is 0 Å². The van der Waals surface area contributed by atoms with E-state index in [-0.39, 0.29) is 13.2 Å². The minimum Gasteiger partial charge on any atom is -0.464 e. The van der Waals surface area contributed by atoms with Crippen LogP contribution in [0.15, 0.2) is 4.99 Å². The lowest BCUT2D eigenvalue weighted by atomic mass is 10.3. The van der Waals surface area contributed by atoms with Crippen molar-refractivity contribution in [2.24, 2.45) is 4.99 Å². The molecule has 0 aliphatic heterocycles. The molecule has 0 aliphatic carbocycles. The molecule has 0 aromatic rings. The van der Waals surface area contributed by atoms with Gasteiger partial charge in [0, 0.05) is 5.71 Å². The quantitative estimate of drug-likeness (QED) is 0.389. The van der Waals surface area contributed by atoms with Gasteiger partial charge >= 0.3 is 11.9 Å². The second-order valence-electron chi connectivity index (χ2n) is 2.98. The predicted octanol–water partition coefficient (Wildman–Crippen LogP) is 0.962. The summed E-state index contributed by atoms with van der Waals surface area (Å²) in [6.45, 7) is 7.17. The summed E-state index contributed by atoms with van der Waals surface area (Å²) in [4.78, 5) is 26.6. The first-order chi connectivity index (χ1) is 7.02. The number of hydrogen-bond donors (Lipinski definition) is 0. The van der Waals surface area contributed by atoms with Crippen LogP contribution in [-0.4, -0.2) is 36.9 Å². The molecule has 0 radical (unpaired) electrons. The number of ether oxygens (including phenoxy) is 2. The van der Waals surface area contributed by atoms with E-state index in [1.807, 2.05) is 0 Å². The van der Waals surface area contributed by atoms with Crippen LogP contribution in [0.2, 0.25) is 0 Å². The Hall–Kier alpha value is -1.39. The van der Waals surface area contributed by atoms with Crippen LogP contribution in [0.5, 0.6) is 0 Å². The lowest BCUT2D eigenvalue weighted by Gasteiger charge is -2.10. The van der Waals surface area contributed by atoms with Gasteiger partial charge in [0.05, 0.1) is 13.2 Å². The minimum atomic E-state index is -1.19. The largest absolute Gasteiger partial charge is 0.464 e. The molecule has 5 heteroatoms. The van der Waals surface area contributed by atoms with Crippen molar-refractivity contribution in [3.8, 4) is 0 Å². The van der Waals surface area contributed by atoms with Crippen LogP contribution in [0.4, 0.5) is 0 Å². The van der Waals surface area contributed by atoms with Gasteiger partial charge in [-0.15, -0.1) is 0 Å². The topological polar surface area (TPSA) is 65.0 Å². The SMILES string of the molecule is CCOC(=O)C(N=C(C)C)C(=O)OCC. The van der Waals surface area contributed by atoms with E-state index in [1.54, 1.807) is 27.7 Å². The first-order valence-electron chi connectivity index (χ1n) is 4.87. The fraction of sp³-hybridized carbons (Fsp3) is 0.700. The second kappa shape index (κ2) is 6.98. The highest BCUT2D eigenvalue weighted by atomic mass is 16.6. The smallest absolute Gasteiger partial charge is 0.342 e. The molecule has 0 atom stereocenters. The number of carbonyl (C=O) groups excluding carboxylic acids is 2. The van der Waals surface area contributed by atoms with Crippen molar-refractivity contribution in [3.63, 3.8) is 0 Å². The third-order valence-electron chi connectivity index (χ3n) is 1.41. The van der Waals surface area contributed by atoms with Crippen molar-refractivity contribution >= 4 is 17.7 Å². The molecule has 86 valence electrons. The van der Waals surface area contributed by atoms with Crippen molar-refractivity contribution in [2.75, 3.05) is 13.2 Å². The predicted molar refractivity (Wildman–Crippen MR) is 55.8 cm³/mol. The number of carbonyl (C=O) groups is 2. The maximum Gasteiger partial charge on any atom is 0.342 e. The standard InChI is InChI=1S/C10H17NO4/c1-5-14-9(12)8(11-7(3)4)10(13)15-6-2/h8H,5-6H2,1-4H3. The Labute approximate surface area is 89.5 Å². The molecule has 0 bridgehead atoms. The Bertz CT molecular complexity index is 238. The van der Waals surface area contributed by atoms with E-state index < -0.39 is 18.0 Å². The maximum absolute atomic E-state index is 11.4. The minimum absolute atomic E-state index is 0.215. The van der Waals surface area contributed by atoms with Crippen LogP contribution >= 0.6 is 0 Å². The maximum atomic E-state index is 11.4. The van der Waals surface area contributed by atoms with Gasteiger partial charge in [0.2, 0.25) is 6.04 Å². The lowest BCUT2D eigenvalue weighted by molar-refractivity contribution is -0.156. The van der Waals surface area contributed by atoms with Gasteiger partial charge in [-0.2, -0.15) is 0 Å². The molecule has 0 N–H and O–H groups in total. The number of nitrogens with zero attached hydrogens (tertiary/aromatic N) is 1. The molecule has 15 heavy (non-hydrogen) atoms. The third kappa shape index (κ3) is 5.15. The molecule has 0 aliphatic rings. The van der Waals surface area contributed by atoms with Crippen LogP contribution in [0, 0.1) is 0 Å². The second-order valence-corrected chi connectivity index (χ2v) is 2.98. The summed E-state index contributed by atoms with van der Waals surface area (Å²) in [5.74, 6) is -1.34. The van der Waals surface area contributed by atoms with Crippen LogP contribution < -0.4 is 0 Å². The molecule has 5 nitrogen and oxygen atoms in total. The fourth-order valence-electron chi connectivity index (χ4n) is 0.902. The van der Waals surface area contributed by atoms with Gasteiger partial charge in [0.15, 0.2) is 0 Å². The van der Waals surface area contributed by atoms with E-state index in [4.69, 9.17) is 9.47 Å². The number of aliphatic imine (C=N–C) groups is 1. The summed E-state index contributed by atoms with van der Waals surface area (Å²) in [5.41, 5.74) is 0.626. The van der Waals surface area contributed by atoms with E-state index >= 15 is 0 Å². The van der Waals surface area contributed by atoms with Gasteiger partial charge < -0.3 is 9.47 Å². The Morgan fingerprint density at radius 1 is 1.07 bits per heavy atom. The molecule has 0 unspecified atom stereocenters. The Kier molecular flexibility index (Phi) is 6.33. The van der Waals surface area contributed by atoms with Gasteiger partial charge in [0.1, 0.15) is 0 Å². The highest BCUT2D eigenvalue weighted by Crippen LogP contribution is 2.00. The molecule has 0 aromatic heterocycles. The van der Waals surface area contributed by atoms with Gasteiger partial charge in [-0.3, -0.25) is 4.99 Å². The molecule has 0 heterocycles. The summed E-state index contributed by atoms with van der Waals surface area (Å²) in [7, 11) is 0. The summed E-state index contributed by atoms with van der Waals surface area (Å²) in [6, 6.07) is -1.19. The Morgan fingerprint density at radius 2 is 1.47 bits per heavy atom. The van der Waals surface area contributed by atoms with Crippen molar-refractivity contribution in [1.82, 2.24) is 0 Å². The number of esters is 2. The van der Waals surface area contributed by atoms with Crippen LogP contribution in [0.3, 0.4) is 0 Å². The molecule has 0 saturated carbocycles. The lowest BCUT2D eigenvalue weighted by Crippen LogP contribution is -2.32. The van der Waals surface area contributed by atoms with Crippen molar-refractivity contribution in [3.05, 3.63) is 0 Å². The monoisotopic (exact) mass is 215 g/mol. The summed E-state index contributed by atoms with van der Waals surface area (Å²) < 4.78 is 9.45. The number of hydrogen-bond acceptors (Lipinski definition) is 5. The molecule has 0 rings (SSSR count). The molecule has 0 spiro atoms. The van der Waals surface area contributed by atoms with Crippen LogP contribution in [0.25, 0.3) is 0 Å². The van der Waals surface area contributed by atoms with Gasteiger partial charge in [-0.05, 0) is 27.7 Å². The average Bonchev–Trinajstić information content (AvgIpc) is 2.14. The normalized spacial score (nSPS) is 9.67. The highest BCUT2D eigenvalue weighted by Gasteiger charge is 2.28. The highest BCUT2D eigenvalue weighted by molar-refractivity contribution is 6.01. The van der Waals surface area contributed by atoms with Gasteiger partial charge in [-0.25, -0.2) is 9.59 Å².